The van der Waals surface area contributed by atoms with Crippen LogP contribution in [-0.4, -0.2) is 28.8 Å². The first-order chi connectivity index (χ1) is 9.00. The molecule has 0 saturated heterocycles. The van der Waals surface area contributed by atoms with Gasteiger partial charge in [0.2, 0.25) is 5.89 Å². The third-order valence-electron chi connectivity index (χ3n) is 2.37. The van der Waals surface area contributed by atoms with Gasteiger partial charge >= 0.3 is 6.18 Å². The molecule has 0 aliphatic heterocycles. The highest BCUT2D eigenvalue weighted by molar-refractivity contribution is 5.46. The van der Waals surface area contributed by atoms with Gasteiger partial charge in [-0.1, -0.05) is 0 Å². The summed E-state index contributed by atoms with van der Waals surface area (Å²) in [6.45, 7) is 0.669. The van der Waals surface area contributed by atoms with Gasteiger partial charge in [-0.2, -0.15) is 13.2 Å². The van der Waals surface area contributed by atoms with Crippen LogP contribution in [0.15, 0.2) is 22.7 Å². The number of halogens is 3. The smallest absolute Gasteiger partial charge is 0.417 e. The molecule has 5 nitrogen and oxygen atoms in total. The lowest BCUT2D eigenvalue weighted by molar-refractivity contribution is -0.137. The maximum absolute atomic E-state index is 12.4. The quantitative estimate of drug-likeness (QED) is 0.921. The fourth-order valence-corrected chi connectivity index (χ4v) is 1.38. The average Bonchev–Trinajstić information content (AvgIpc) is 2.84. The topological polar surface area (TPSA) is 63.8 Å². The standard InChI is InChI=1S/C11H11F3N4O/c1-15-5-4-9-17-18-10(19-9)8-3-2-7(6-16-8)11(12,13)14/h2-3,6,15H,4-5H2,1H3. The van der Waals surface area contributed by atoms with Crippen molar-refractivity contribution in [1.29, 1.82) is 0 Å². The molecule has 0 atom stereocenters. The van der Waals surface area contributed by atoms with Crippen LogP contribution in [0.4, 0.5) is 13.2 Å². The number of alkyl halides is 3. The fourth-order valence-electron chi connectivity index (χ4n) is 1.38. The molecule has 0 spiro atoms. The van der Waals surface area contributed by atoms with Gasteiger partial charge in [-0.25, -0.2) is 0 Å². The van der Waals surface area contributed by atoms with Crippen LogP contribution in [0, 0.1) is 0 Å². The molecule has 2 aromatic rings. The van der Waals surface area contributed by atoms with Crippen LogP contribution in [0.5, 0.6) is 0 Å². The first-order valence-corrected chi connectivity index (χ1v) is 5.51. The van der Waals surface area contributed by atoms with Crippen molar-refractivity contribution >= 4 is 0 Å². The molecule has 102 valence electrons. The van der Waals surface area contributed by atoms with Crippen LogP contribution in [0.2, 0.25) is 0 Å². The highest BCUT2D eigenvalue weighted by Gasteiger charge is 2.30. The van der Waals surface area contributed by atoms with Crippen LogP contribution in [0.1, 0.15) is 11.5 Å². The first-order valence-electron chi connectivity index (χ1n) is 5.51. The maximum atomic E-state index is 12.4. The Hall–Kier alpha value is -1.96. The minimum atomic E-state index is -4.40. The van der Waals surface area contributed by atoms with Crippen molar-refractivity contribution in [1.82, 2.24) is 20.5 Å². The Labute approximate surface area is 106 Å². The summed E-state index contributed by atoms with van der Waals surface area (Å²) in [5, 5.41) is 10.4. The Morgan fingerprint density at radius 2 is 2.05 bits per heavy atom. The van der Waals surface area contributed by atoms with Crippen LogP contribution >= 0.6 is 0 Å². The van der Waals surface area contributed by atoms with Gasteiger partial charge in [-0.3, -0.25) is 4.98 Å². The maximum Gasteiger partial charge on any atom is 0.417 e. The molecule has 2 heterocycles. The second kappa shape index (κ2) is 5.35. The largest absolute Gasteiger partial charge is 0.419 e. The molecule has 2 aromatic heterocycles. The normalized spacial score (nSPS) is 11.8. The molecule has 19 heavy (non-hydrogen) atoms. The number of likely N-dealkylation sites (N-methyl/N-ethyl adjacent to an activating group) is 1. The van der Waals surface area contributed by atoms with Crippen LogP contribution < -0.4 is 5.32 Å². The molecule has 1 N–H and O–H groups in total. The van der Waals surface area contributed by atoms with Crippen LogP contribution in [0.3, 0.4) is 0 Å². The lowest BCUT2D eigenvalue weighted by Gasteiger charge is -2.05. The van der Waals surface area contributed by atoms with Gasteiger partial charge < -0.3 is 9.73 Å². The van der Waals surface area contributed by atoms with Gasteiger partial charge in [0.25, 0.3) is 5.89 Å². The van der Waals surface area contributed by atoms with Gasteiger partial charge in [0.1, 0.15) is 5.69 Å². The summed E-state index contributed by atoms with van der Waals surface area (Å²) in [6.07, 6.45) is -3.12. The van der Waals surface area contributed by atoms with Crippen molar-refractivity contribution in [2.45, 2.75) is 12.6 Å². The zero-order valence-electron chi connectivity index (χ0n) is 10.0. The molecule has 0 aliphatic carbocycles. The van der Waals surface area contributed by atoms with Gasteiger partial charge in [-0.05, 0) is 19.2 Å². The van der Waals surface area contributed by atoms with E-state index in [1.807, 2.05) is 0 Å². The van der Waals surface area contributed by atoms with Crippen molar-refractivity contribution in [3.05, 3.63) is 29.8 Å². The molecule has 0 aliphatic rings. The minimum Gasteiger partial charge on any atom is -0.419 e. The second-order valence-electron chi connectivity index (χ2n) is 3.78. The molecule has 0 bridgehead atoms. The van der Waals surface area contributed by atoms with Crippen molar-refractivity contribution in [2.24, 2.45) is 0 Å². The summed E-state index contributed by atoms with van der Waals surface area (Å²) >= 11 is 0. The van der Waals surface area contributed by atoms with Crippen molar-refractivity contribution in [2.75, 3.05) is 13.6 Å². The summed E-state index contributed by atoms with van der Waals surface area (Å²) in [7, 11) is 1.79. The predicted octanol–water partition coefficient (Wildman–Crippen LogP) is 1.91. The Morgan fingerprint density at radius 1 is 1.26 bits per heavy atom. The molecule has 0 aromatic carbocycles. The number of pyridine rings is 1. The molecule has 0 fully saturated rings. The van der Waals surface area contributed by atoms with Gasteiger partial charge in [0.15, 0.2) is 0 Å². The molecule has 2 rings (SSSR count). The average molecular weight is 272 g/mol. The molecule has 0 unspecified atom stereocenters. The molecule has 0 saturated carbocycles. The van der Waals surface area contributed by atoms with E-state index >= 15 is 0 Å². The van der Waals surface area contributed by atoms with Gasteiger partial charge in [0, 0.05) is 19.2 Å². The Balaban J connectivity index is 2.16. The number of hydrogen-bond donors (Lipinski definition) is 1. The summed E-state index contributed by atoms with van der Waals surface area (Å²) in [5.41, 5.74) is -0.595. The van der Waals surface area contributed by atoms with Crippen LogP contribution in [-0.2, 0) is 12.6 Å². The highest BCUT2D eigenvalue weighted by atomic mass is 19.4. The summed E-state index contributed by atoms with van der Waals surface area (Å²) in [6, 6.07) is 2.14. The Kier molecular flexibility index (Phi) is 3.79. The number of nitrogens with one attached hydrogen (secondary N) is 1. The number of rotatable bonds is 4. The minimum absolute atomic E-state index is 0.111. The third-order valence-corrected chi connectivity index (χ3v) is 2.37. The van der Waals surface area contributed by atoms with E-state index in [9.17, 15) is 13.2 Å². The second-order valence-corrected chi connectivity index (χ2v) is 3.78. The third kappa shape index (κ3) is 3.28. The van der Waals surface area contributed by atoms with Gasteiger partial charge in [-0.15, -0.1) is 10.2 Å². The zero-order valence-corrected chi connectivity index (χ0v) is 10.0. The van der Waals surface area contributed by atoms with E-state index in [2.05, 4.69) is 20.5 Å². The Morgan fingerprint density at radius 3 is 2.63 bits per heavy atom. The molecule has 0 radical (unpaired) electrons. The van der Waals surface area contributed by atoms with Crippen molar-refractivity contribution in [3.8, 4) is 11.6 Å². The van der Waals surface area contributed by atoms with E-state index in [0.717, 1.165) is 12.3 Å². The van der Waals surface area contributed by atoms with Crippen molar-refractivity contribution < 1.29 is 17.6 Å². The Bertz CT molecular complexity index is 536. The van der Waals surface area contributed by atoms with Gasteiger partial charge in [0.05, 0.1) is 5.56 Å². The monoisotopic (exact) mass is 272 g/mol. The number of hydrogen-bond acceptors (Lipinski definition) is 5. The van der Waals surface area contributed by atoms with Crippen LogP contribution in [0.25, 0.3) is 11.6 Å². The van der Waals surface area contributed by atoms with E-state index in [1.54, 1.807) is 7.05 Å². The number of nitrogens with zero attached hydrogens (tertiary/aromatic N) is 3. The van der Waals surface area contributed by atoms with E-state index in [1.165, 1.54) is 6.07 Å². The lowest BCUT2D eigenvalue weighted by Crippen LogP contribution is -2.10. The van der Waals surface area contributed by atoms with E-state index < -0.39 is 11.7 Å². The predicted molar refractivity (Wildman–Crippen MR) is 60.2 cm³/mol. The first kappa shape index (κ1) is 13.5. The van der Waals surface area contributed by atoms with E-state index in [4.69, 9.17) is 4.42 Å². The molecular weight excluding hydrogens is 261 g/mol. The highest BCUT2D eigenvalue weighted by Crippen LogP contribution is 2.29. The SMILES string of the molecule is CNCCc1nnc(-c2ccc(C(F)(F)F)cn2)o1. The molecular formula is C11H11F3N4O. The fraction of sp³-hybridized carbons (Fsp3) is 0.364. The summed E-state index contributed by atoms with van der Waals surface area (Å²) in [4.78, 5) is 3.68. The summed E-state index contributed by atoms with van der Waals surface area (Å²) < 4.78 is 42.4. The molecule has 8 heteroatoms. The molecule has 0 amide bonds. The summed E-state index contributed by atoms with van der Waals surface area (Å²) in [5.74, 6) is 0.519. The van der Waals surface area contributed by atoms with E-state index in [0.29, 0.717) is 18.9 Å². The van der Waals surface area contributed by atoms with Crippen molar-refractivity contribution in [3.63, 3.8) is 0 Å². The van der Waals surface area contributed by atoms with E-state index in [-0.39, 0.29) is 11.6 Å². The zero-order chi connectivity index (χ0) is 13.9. The number of aromatic nitrogens is 3. The lowest BCUT2D eigenvalue weighted by atomic mass is 10.2.